The Hall–Kier alpha value is -2.54. The molecule has 0 unspecified atom stereocenters. The second-order valence-electron chi connectivity index (χ2n) is 5.34. The molecule has 3 aromatic rings. The molecule has 0 aliphatic rings. The summed E-state index contributed by atoms with van der Waals surface area (Å²) in [6.45, 7) is 6.80. The molecule has 0 aliphatic heterocycles. The van der Waals surface area contributed by atoms with Crippen LogP contribution in [0, 0.1) is 6.92 Å². The van der Waals surface area contributed by atoms with Crippen LogP contribution in [0.4, 0.5) is 5.13 Å². The Bertz CT molecular complexity index is 868. The molecule has 3 aromatic heterocycles. The van der Waals surface area contributed by atoms with Gasteiger partial charge in [0.05, 0.1) is 16.3 Å². The van der Waals surface area contributed by atoms with E-state index in [1.165, 1.54) is 11.3 Å². The largest absolute Gasteiger partial charge is 0.296 e. The van der Waals surface area contributed by atoms with Gasteiger partial charge in [0.15, 0.2) is 5.13 Å². The summed E-state index contributed by atoms with van der Waals surface area (Å²) in [5, 5.41) is 7.93. The molecule has 0 aliphatic carbocycles. The molecule has 0 radical (unpaired) electrons. The third-order valence-corrected chi connectivity index (χ3v) is 4.63. The van der Waals surface area contributed by atoms with E-state index < -0.39 is 0 Å². The van der Waals surface area contributed by atoms with Gasteiger partial charge in [0.2, 0.25) is 0 Å². The molecule has 24 heavy (non-hydrogen) atoms. The lowest BCUT2D eigenvalue weighted by atomic mass is 10.2. The number of aryl methyl sites for hydroxylation is 3. The van der Waals surface area contributed by atoms with Crippen molar-refractivity contribution in [2.75, 3.05) is 5.32 Å². The van der Waals surface area contributed by atoms with Crippen LogP contribution in [0.15, 0.2) is 30.6 Å². The Kier molecular flexibility index (Phi) is 4.71. The van der Waals surface area contributed by atoms with Gasteiger partial charge in [-0.3, -0.25) is 19.8 Å². The highest BCUT2D eigenvalue weighted by Gasteiger charge is 2.15. The van der Waals surface area contributed by atoms with E-state index in [2.05, 4.69) is 40.3 Å². The lowest BCUT2D eigenvalue weighted by Crippen LogP contribution is -2.14. The lowest BCUT2D eigenvalue weighted by molar-refractivity contribution is 0.102. The smallest absolute Gasteiger partial charge is 0.276 e. The number of anilines is 1. The van der Waals surface area contributed by atoms with Crippen molar-refractivity contribution < 1.29 is 4.79 Å². The van der Waals surface area contributed by atoms with Gasteiger partial charge in [0, 0.05) is 18.9 Å². The van der Waals surface area contributed by atoms with Crippen LogP contribution < -0.4 is 5.32 Å². The minimum Gasteiger partial charge on any atom is -0.296 e. The van der Waals surface area contributed by atoms with Gasteiger partial charge in [0.25, 0.3) is 5.91 Å². The Labute approximate surface area is 144 Å². The van der Waals surface area contributed by atoms with E-state index in [4.69, 9.17) is 0 Å². The second kappa shape index (κ2) is 6.92. The highest BCUT2D eigenvalue weighted by molar-refractivity contribution is 7.19. The van der Waals surface area contributed by atoms with Crippen molar-refractivity contribution in [1.82, 2.24) is 19.7 Å². The third kappa shape index (κ3) is 3.21. The number of carbonyl (C=O) groups is 1. The van der Waals surface area contributed by atoms with E-state index in [1.807, 2.05) is 23.7 Å². The van der Waals surface area contributed by atoms with Crippen molar-refractivity contribution in [2.24, 2.45) is 0 Å². The molecule has 0 saturated carbocycles. The highest BCUT2D eigenvalue weighted by Crippen LogP contribution is 2.30. The summed E-state index contributed by atoms with van der Waals surface area (Å²) in [6.07, 6.45) is 4.27. The summed E-state index contributed by atoms with van der Waals surface area (Å²) in [4.78, 5) is 21.8. The van der Waals surface area contributed by atoms with E-state index in [0.29, 0.717) is 10.8 Å². The molecule has 0 bridgehead atoms. The van der Waals surface area contributed by atoms with Crippen molar-refractivity contribution in [3.8, 4) is 10.6 Å². The van der Waals surface area contributed by atoms with E-state index in [9.17, 15) is 4.79 Å². The maximum atomic E-state index is 12.3. The van der Waals surface area contributed by atoms with Gasteiger partial charge in [-0.25, -0.2) is 4.98 Å². The monoisotopic (exact) mass is 341 g/mol. The molecule has 7 heteroatoms. The number of nitrogens with zero attached hydrogens (tertiary/aromatic N) is 4. The van der Waals surface area contributed by atoms with Gasteiger partial charge in [-0.2, -0.15) is 5.10 Å². The van der Waals surface area contributed by atoms with Crippen molar-refractivity contribution in [2.45, 2.75) is 33.7 Å². The van der Waals surface area contributed by atoms with Gasteiger partial charge in [-0.1, -0.05) is 24.3 Å². The first-order valence-corrected chi connectivity index (χ1v) is 8.70. The normalized spacial score (nSPS) is 10.8. The highest BCUT2D eigenvalue weighted by atomic mass is 32.1. The Morgan fingerprint density at radius 2 is 2.17 bits per heavy atom. The molecule has 0 saturated heterocycles. The van der Waals surface area contributed by atoms with Crippen molar-refractivity contribution in [3.05, 3.63) is 47.5 Å². The zero-order valence-electron chi connectivity index (χ0n) is 13.9. The van der Waals surface area contributed by atoms with Gasteiger partial charge in [-0.15, -0.1) is 0 Å². The molecular formula is C17H19N5OS. The first-order valence-electron chi connectivity index (χ1n) is 7.88. The molecule has 0 aromatic carbocycles. The first-order chi connectivity index (χ1) is 11.6. The molecule has 1 amide bonds. The fraction of sp³-hybridized carbons (Fsp3) is 0.294. The van der Waals surface area contributed by atoms with E-state index in [-0.39, 0.29) is 5.91 Å². The van der Waals surface area contributed by atoms with Gasteiger partial charge >= 0.3 is 0 Å². The number of pyridine rings is 1. The van der Waals surface area contributed by atoms with Crippen LogP contribution in [-0.4, -0.2) is 25.7 Å². The van der Waals surface area contributed by atoms with Crippen LogP contribution in [0.1, 0.15) is 35.6 Å². The molecule has 0 atom stereocenters. The van der Waals surface area contributed by atoms with Gasteiger partial charge in [0.1, 0.15) is 5.69 Å². The molecular weight excluding hydrogens is 322 g/mol. The zero-order chi connectivity index (χ0) is 17.1. The molecule has 3 rings (SSSR count). The Morgan fingerprint density at radius 1 is 1.33 bits per heavy atom. The fourth-order valence-electron chi connectivity index (χ4n) is 2.41. The summed E-state index contributed by atoms with van der Waals surface area (Å²) < 4.78 is 1.96. The Morgan fingerprint density at radius 3 is 2.88 bits per heavy atom. The number of hydrogen-bond acceptors (Lipinski definition) is 5. The average Bonchev–Trinajstić information content (AvgIpc) is 3.21. The molecule has 0 spiro atoms. The number of carbonyl (C=O) groups excluding carboxylic acids is 1. The van der Waals surface area contributed by atoms with Crippen LogP contribution >= 0.6 is 11.3 Å². The van der Waals surface area contributed by atoms with Crippen LogP contribution in [0.25, 0.3) is 10.6 Å². The van der Waals surface area contributed by atoms with Gasteiger partial charge in [-0.05, 0) is 38.0 Å². The standard InChI is InChI=1S/C17H19N5OS/c1-4-12-9-13(22(5-2)21-12)14-10-19-17(24-14)20-16(23)15-11(3)7-6-8-18-15/h6-10H,4-5H2,1-3H3,(H,19,20,23). The SMILES string of the molecule is CCc1cc(-c2cnc(NC(=O)c3ncccc3C)s2)n(CC)n1. The second-order valence-corrected chi connectivity index (χ2v) is 6.37. The van der Waals surface area contributed by atoms with Crippen molar-refractivity contribution >= 4 is 22.4 Å². The summed E-state index contributed by atoms with van der Waals surface area (Å²) in [5.74, 6) is -0.243. The molecule has 0 fully saturated rings. The number of nitrogens with one attached hydrogen (secondary N) is 1. The Balaban J connectivity index is 1.82. The van der Waals surface area contributed by atoms with Crippen LogP contribution in [0.5, 0.6) is 0 Å². The maximum Gasteiger partial charge on any atom is 0.276 e. The van der Waals surface area contributed by atoms with Crippen LogP contribution in [-0.2, 0) is 13.0 Å². The first kappa shape index (κ1) is 16.3. The minimum absolute atomic E-state index is 0.243. The zero-order valence-corrected chi connectivity index (χ0v) is 14.7. The average molecular weight is 341 g/mol. The minimum atomic E-state index is -0.243. The summed E-state index contributed by atoms with van der Waals surface area (Å²) in [6, 6.07) is 5.75. The molecule has 3 heterocycles. The van der Waals surface area contributed by atoms with Crippen molar-refractivity contribution in [3.63, 3.8) is 0 Å². The van der Waals surface area contributed by atoms with E-state index >= 15 is 0 Å². The molecule has 124 valence electrons. The number of aromatic nitrogens is 4. The van der Waals surface area contributed by atoms with E-state index in [1.54, 1.807) is 12.4 Å². The number of rotatable bonds is 5. The summed E-state index contributed by atoms with van der Waals surface area (Å²) >= 11 is 1.44. The molecule has 1 N–H and O–H groups in total. The van der Waals surface area contributed by atoms with Crippen LogP contribution in [0.2, 0.25) is 0 Å². The fourth-order valence-corrected chi connectivity index (χ4v) is 3.24. The third-order valence-electron chi connectivity index (χ3n) is 3.70. The number of amides is 1. The number of hydrogen-bond donors (Lipinski definition) is 1. The summed E-state index contributed by atoms with van der Waals surface area (Å²) in [5.41, 5.74) is 3.33. The number of thiazole rings is 1. The molecule has 6 nitrogen and oxygen atoms in total. The lowest BCUT2D eigenvalue weighted by Gasteiger charge is -2.03. The van der Waals surface area contributed by atoms with Crippen LogP contribution in [0.3, 0.4) is 0 Å². The van der Waals surface area contributed by atoms with E-state index in [0.717, 1.165) is 34.8 Å². The predicted octanol–water partition coefficient (Wildman–Crippen LogP) is 3.54. The maximum absolute atomic E-state index is 12.3. The topological polar surface area (TPSA) is 72.7 Å². The quantitative estimate of drug-likeness (QED) is 0.770. The predicted molar refractivity (Wildman–Crippen MR) is 95.3 cm³/mol. The van der Waals surface area contributed by atoms with Crippen molar-refractivity contribution in [1.29, 1.82) is 0 Å². The summed E-state index contributed by atoms with van der Waals surface area (Å²) in [7, 11) is 0. The van der Waals surface area contributed by atoms with Gasteiger partial charge < -0.3 is 0 Å².